The first-order valence-corrected chi connectivity index (χ1v) is 6.44. The molecule has 122 valence electrons. The van der Waals surface area contributed by atoms with Crippen LogP contribution in [0.5, 0.6) is 17.2 Å². The lowest BCUT2D eigenvalue weighted by molar-refractivity contribution is -0.274. The zero-order valence-corrected chi connectivity index (χ0v) is 12.3. The van der Waals surface area contributed by atoms with Gasteiger partial charge in [-0.3, -0.25) is 4.79 Å². The second kappa shape index (κ2) is 6.60. The van der Waals surface area contributed by atoms with Crippen LogP contribution in [0.2, 0.25) is 0 Å². The molecule has 23 heavy (non-hydrogen) atoms. The number of carbonyl (C=O) groups excluding carboxylic acids is 1. The predicted molar refractivity (Wildman–Crippen MR) is 77.1 cm³/mol. The molecule has 0 spiro atoms. The molecule has 4 nitrogen and oxygen atoms in total. The fraction of sp³-hybridized carbons (Fsp3) is 0.188. The van der Waals surface area contributed by atoms with E-state index < -0.39 is 12.1 Å². The maximum absolute atomic E-state index is 12.4. The summed E-state index contributed by atoms with van der Waals surface area (Å²) in [5, 5.41) is 0. The van der Waals surface area contributed by atoms with Crippen molar-refractivity contribution in [2.24, 2.45) is 0 Å². The smallest absolute Gasteiger partial charge is 0.493 e. The molecule has 0 bridgehead atoms. The number of benzene rings is 2. The van der Waals surface area contributed by atoms with E-state index in [0.717, 1.165) is 6.07 Å². The van der Waals surface area contributed by atoms with Gasteiger partial charge in [-0.25, -0.2) is 0 Å². The number of carbonyl (C=O) groups is 1. The van der Waals surface area contributed by atoms with Gasteiger partial charge in [0.05, 0.1) is 14.2 Å². The van der Waals surface area contributed by atoms with Gasteiger partial charge in [0.2, 0.25) is 0 Å². The minimum absolute atomic E-state index is 0.0662. The Bertz CT molecular complexity index is 711. The number of aldehydes is 1. The summed E-state index contributed by atoms with van der Waals surface area (Å²) in [5.41, 5.74) is 1.00. The average Bonchev–Trinajstić information content (AvgIpc) is 2.52. The summed E-state index contributed by atoms with van der Waals surface area (Å²) in [6.45, 7) is 0. The highest BCUT2D eigenvalue weighted by Gasteiger charge is 2.31. The number of rotatable bonds is 5. The van der Waals surface area contributed by atoms with Crippen LogP contribution in [0.3, 0.4) is 0 Å². The van der Waals surface area contributed by atoms with Crippen LogP contribution in [0.1, 0.15) is 10.4 Å². The van der Waals surface area contributed by atoms with Gasteiger partial charge in [-0.2, -0.15) is 0 Å². The fourth-order valence-electron chi connectivity index (χ4n) is 2.07. The summed E-state index contributed by atoms with van der Waals surface area (Å²) in [6.07, 6.45) is -4.39. The van der Waals surface area contributed by atoms with E-state index in [-0.39, 0.29) is 5.56 Å². The minimum atomic E-state index is -4.84. The Labute approximate surface area is 130 Å². The van der Waals surface area contributed by atoms with Crippen LogP contribution < -0.4 is 14.2 Å². The van der Waals surface area contributed by atoms with Crippen molar-refractivity contribution >= 4 is 6.29 Å². The molecule has 0 amide bonds. The Morgan fingerprint density at radius 1 is 0.913 bits per heavy atom. The van der Waals surface area contributed by atoms with Crippen molar-refractivity contribution in [3.63, 3.8) is 0 Å². The van der Waals surface area contributed by atoms with E-state index in [0.29, 0.717) is 28.9 Å². The summed E-state index contributed by atoms with van der Waals surface area (Å²) < 4.78 is 51.3. The molecule has 0 atom stereocenters. The van der Waals surface area contributed by atoms with Gasteiger partial charge in [-0.05, 0) is 41.5 Å². The number of methoxy groups -OCH3 is 2. The monoisotopic (exact) mass is 326 g/mol. The third-order valence-corrected chi connectivity index (χ3v) is 3.02. The SMILES string of the molecule is COc1ccc(-c2cc(C=O)cc(OC(F)(F)F)c2)cc1OC. The lowest BCUT2D eigenvalue weighted by atomic mass is 10.0. The van der Waals surface area contributed by atoms with Gasteiger partial charge in [0.1, 0.15) is 12.0 Å². The van der Waals surface area contributed by atoms with Gasteiger partial charge < -0.3 is 14.2 Å². The fourth-order valence-corrected chi connectivity index (χ4v) is 2.07. The van der Waals surface area contributed by atoms with Gasteiger partial charge in [0.25, 0.3) is 0 Å². The maximum atomic E-state index is 12.4. The number of alkyl halides is 3. The summed E-state index contributed by atoms with van der Waals surface area (Å²) in [4.78, 5) is 10.9. The first kappa shape index (κ1) is 16.7. The summed E-state index contributed by atoms with van der Waals surface area (Å²) >= 11 is 0. The van der Waals surface area contributed by atoms with Crippen molar-refractivity contribution in [2.45, 2.75) is 6.36 Å². The Kier molecular flexibility index (Phi) is 4.78. The van der Waals surface area contributed by atoms with Gasteiger partial charge in [-0.1, -0.05) is 6.07 Å². The standard InChI is InChI=1S/C16H13F3O4/c1-21-14-4-3-11(8-15(14)22-2)12-5-10(9-20)6-13(7-12)23-16(17,18)19/h3-9H,1-2H3. The second-order valence-corrected chi connectivity index (χ2v) is 4.53. The van der Waals surface area contributed by atoms with Gasteiger partial charge in [0, 0.05) is 5.56 Å². The predicted octanol–water partition coefficient (Wildman–Crippen LogP) is 4.08. The van der Waals surface area contributed by atoms with Crippen LogP contribution in [0.25, 0.3) is 11.1 Å². The molecule has 0 N–H and O–H groups in total. The largest absolute Gasteiger partial charge is 0.573 e. The molecular formula is C16H13F3O4. The van der Waals surface area contributed by atoms with E-state index in [1.807, 2.05) is 0 Å². The van der Waals surface area contributed by atoms with Crippen molar-refractivity contribution in [2.75, 3.05) is 14.2 Å². The number of ether oxygens (including phenoxy) is 3. The van der Waals surface area contributed by atoms with E-state index in [2.05, 4.69) is 4.74 Å². The summed E-state index contributed by atoms with van der Waals surface area (Å²) in [7, 11) is 2.92. The van der Waals surface area contributed by atoms with Crippen molar-refractivity contribution in [3.8, 4) is 28.4 Å². The Hall–Kier alpha value is -2.70. The minimum Gasteiger partial charge on any atom is -0.493 e. The number of halogens is 3. The zero-order valence-electron chi connectivity index (χ0n) is 12.3. The molecule has 0 heterocycles. The van der Waals surface area contributed by atoms with E-state index in [1.165, 1.54) is 26.4 Å². The van der Waals surface area contributed by atoms with Gasteiger partial charge in [-0.15, -0.1) is 13.2 Å². The van der Waals surface area contributed by atoms with Crippen molar-refractivity contribution in [1.82, 2.24) is 0 Å². The van der Waals surface area contributed by atoms with E-state index in [9.17, 15) is 18.0 Å². The molecule has 0 aliphatic carbocycles. The molecule has 0 saturated carbocycles. The topological polar surface area (TPSA) is 44.8 Å². The van der Waals surface area contributed by atoms with Crippen LogP contribution in [0.15, 0.2) is 36.4 Å². The van der Waals surface area contributed by atoms with Crippen molar-refractivity contribution in [1.29, 1.82) is 0 Å². The normalized spacial score (nSPS) is 11.0. The maximum Gasteiger partial charge on any atom is 0.573 e. The van der Waals surface area contributed by atoms with Gasteiger partial charge in [0.15, 0.2) is 11.5 Å². The Morgan fingerprint density at radius 3 is 2.17 bits per heavy atom. The molecule has 0 aromatic heterocycles. The number of hydrogen-bond donors (Lipinski definition) is 0. The van der Waals surface area contributed by atoms with Crippen LogP contribution >= 0.6 is 0 Å². The molecule has 0 aliphatic rings. The third kappa shape index (κ3) is 4.15. The molecule has 0 radical (unpaired) electrons. The van der Waals surface area contributed by atoms with Crippen LogP contribution in [0, 0.1) is 0 Å². The first-order chi connectivity index (χ1) is 10.9. The lowest BCUT2D eigenvalue weighted by Gasteiger charge is -2.13. The van der Waals surface area contributed by atoms with Crippen molar-refractivity contribution < 1.29 is 32.2 Å². The highest BCUT2D eigenvalue weighted by atomic mass is 19.4. The third-order valence-electron chi connectivity index (χ3n) is 3.02. The molecule has 0 saturated heterocycles. The van der Waals surface area contributed by atoms with Crippen LogP contribution in [-0.2, 0) is 0 Å². The van der Waals surface area contributed by atoms with Crippen LogP contribution in [0.4, 0.5) is 13.2 Å². The summed E-state index contributed by atoms with van der Waals surface area (Å²) in [5.74, 6) is 0.432. The Balaban J connectivity index is 2.50. The van der Waals surface area contributed by atoms with Crippen molar-refractivity contribution in [3.05, 3.63) is 42.0 Å². The lowest BCUT2D eigenvalue weighted by Crippen LogP contribution is -2.17. The highest BCUT2D eigenvalue weighted by Crippen LogP contribution is 2.34. The summed E-state index contributed by atoms with van der Waals surface area (Å²) in [6, 6.07) is 8.53. The molecular weight excluding hydrogens is 313 g/mol. The molecule has 2 rings (SSSR count). The van der Waals surface area contributed by atoms with E-state index >= 15 is 0 Å². The first-order valence-electron chi connectivity index (χ1n) is 6.44. The average molecular weight is 326 g/mol. The molecule has 2 aromatic carbocycles. The highest BCUT2D eigenvalue weighted by molar-refractivity contribution is 5.80. The molecule has 2 aromatic rings. The zero-order chi connectivity index (χ0) is 17.0. The van der Waals surface area contributed by atoms with Gasteiger partial charge >= 0.3 is 6.36 Å². The Morgan fingerprint density at radius 2 is 1.61 bits per heavy atom. The molecule has 7 heteroatoms. The van der Waals surface area contributed by atoms with E-state index in [4.69, 9.17) is 9.47 Å². The molecule has 0 unspecified atom stereocenters. The second-order valence-electron chi connectivity index (χ2n) is 4.53. The molecule has 0 fully saturated rings. The number of hydrogen-bond acceptors (Lipinski definition) is 4. The van der Waals surface area contributed by atoms with E-state index in [1.54, 1.807) is 18.2 Å². The van der Waals surface area contributed by atoms with Crippen LogP contribution in [-0.4, -0.2) is 26.9 Å². The molecule has 0 aliphatic heterocycles. The quantitative estimate of drug-likeness (QED) is 0.777.